The van der Waals surface area contributed by atoms with Gasteiger partial charge in [-0.3, -0.25) is 4.79 Å². The van der Waals surface area contributed by atoms with Gasteiger partial charge in [0.05, 0.1) is 23.8 Å². The highest BCUT2D eigenvalue weighted by Gasteiger charge is 2.35. The second kappa shape index (κ2) is 15.5. The second-order valence-corrected chi connectivity index (χ2v) is 11.3. The topological polar surface area (TPSA) is 103 Å². The number of aromatic nitrogens is 6. The molecule has 21 heteroatoms. The van der Waals surface area contributed by atoms with Crippen LogP contribution in [0.1, 0.15) is 39.0 Å². The van der Waals surface area contributed by atoms with Crippen molar-refractivity contribution >= 4 is 17.5 Å². The molecule has 0 spiro atoms. The van der Waals surface area contributed by atoms with Crippen molar-refractivity contribution in [2.24, 2.45) is 0 Å². The van der Waals surface area contributed by atoms with E-state index in [0.29, 0.717) is 30.0 Å². The van der Waals surface area contributed by atoms with Gasteiger partial charge in [-0.05, 0) is 38.1 Å². The predicted molar refractivity (Wildman–Crippen MR) is 170 cm³/mol. The molecule has 1 amide bonds. The van der Waals surface area contributed by atoms with Gasteiger partial charge in [0, 0.05) is 48.8 Å². The van der Waals surface area contributed by atoms with Gasteiger partial charge in [-0.2, -0.15) is 26.3 Å². The molecule has 0 saturated carbocycles. The highest BCUT2D eigenvalue weighted by atomic mass is 19.4. The van der Waals surface area contributed by atoms with E-state index in [4.69, 9.17) is 0 Å². The van der Waals surface area contributed by atoms with Crippen LogP contribution in [-0.2, 0) is 18.9 Å². The molecular weight excluding hydrogens is 764 g/mol. The van der Waals surface area contributed by atoms with Gasteiger partial charge in [-0.25, -0.2) is 46.3 Å². The summed E-state index contributed by atoms with van der Waals surface area (Å²) in [5.41, 5.74) is -2.90. The molecule has 2 aromatic carbocycles. The molecule has 0 unspecified atom stereocenters. The van der Waals surface area contributed by atoms with E-state index in [1.54, 1.807) is 0 Å². The van der Waals surface area contributed by atoms with E-state index in [1.165, 1.54) is 48.9 Å². The van der Waals surface area contributed by atoms with E-state index in [9.17, 15) is 57.5 Å². The molecule has 288 valence electrons. The Hall–Kier alpha value is -6.41. The first kappa shape index (κ1) is 39.8. The Labute approximate surface area is 301 Å². The average Bonchev–Trinajstić information content (AvgIpc) is 3.68. The number of benzene rings is 2. The normalized spacial score (nSPS) is 11.6. The quantitative estimate of drug-likeness (QED) is 0.157. The Balaban J connectivity index is 0.000000211. The minimum absolute atomic E-state index is 0.0568. The standard InChI is InChI=1S/C17H10F6N4O.C17H12F6N4/c1-8-25-13(17(21,22)23)7-27(8)10-2-3-14(24-6-10)26-16(28)15-11(19)4-9(18)5-12(15)20;1-9-26-15(17(21,22)23)8-27(9)11-2-3-16(24-6-11)25-7-12-13(19)4-10(18)5-14(12)20/h2-7H,1H3,(H,24,26,28);2-6,8H,7H2,1H3,(H,24,25). The van der Waals surface area contributed by atoms with Gasteiger partial charge in [-0.15, -0.1) is 0 Å². The first-order valence-corrected chi connectivity index (χ1v) is 15.2. The Morgan fingerprint density at radius 3 is 1.44 bits per heavy atom. The molecule has 2 N–H and O–H groups in total. The summed E-state index contributed by atoms with van der Waals surface area (Å²) in [5.74, 6) is -7.96. The van der Waals surface area contributed by atoms with Crippen LogP contribution in [0.4, 0.5) is 64.3 Å². The fourth-order valence-electron chi connectivity index (χ4n) is 4.83. The van der Waals surface area contributed by atoms with E-state index >= 15 is 0 Å². The molecule has 0 atom stereocenters. The summed E-state index contributed by atoms with van der Waals surface area (Å²) in [4.78, 5) is 26.7. The fraction of sp³-hybridized carbons (Fsp3) is 0.147. The Kier molecular flexibility index (Phi) is 11.2. The van der Waals surface area contributed by atoms with Crippen LogP contribution in [0.2, 0.25) is 0 Å². The Morgan fingerprint density at radius 1 is 0.636 bits per heavy atom. The number of carbonyl (C=O) groups excluding carboxylic acids is 1. The number of alkyl halides is 6. The smallest absolute Gasteiger partial charge is 0.366 e. The monoisotopic (exact) mass is 786 g/mol. The van der Waals surface area contributed by atoms with E-state index in [0.717, 1.165) is 23.2 Å². The third kappa shape index (κ3) is 9.40. The van der Waals surface area contributed by atoms with E-state index in [-0.39, 0.29) is 41.1 Å². The molecule has 0 aliphatic heterocycles. The lowest BCUT2D eigenvalue weighted by Crippen LogP contribution is -2.17. The highest BCUT2D eigenvalue weighted by Crippen LogP contribution is 2.30. The number of aryl methyl sites for hydroxylation is 2. The molecule has 4 heterocycles. The van der Waals surface area contributed by atoms with Crippen LogP contribution in [0.15, 0.2) is 73.3 Å². The van der Waals surface area contributed by atoms with Crippen LogP contribution in [-0.4, -0.2) is 35.0 Å². The average molecular weight is 787 g/mol. The summed E-state index contributed by atoms with van der Waals surface area (Å²) < 4.78 is 159. The highest BCUT2D eigenvalue weighted by molar-refractivity contribution is 6.04. The van der Waals surface area contributed by atoms with Gasteiger partial charge < -0.3 is 19.8 Å². The van der Waals surface area contributed by atoms with E-state index in [1.807, 2.05) is 0 Å². The lowest BCUT2D eigenvalue weighted by atomic mass is 10.2. The number of carbonyl (C=O) groups is 1. The summed E-state index contributed by atoms with van der Waals surface area (Å²) in [5, 5.41) is 4.79. The van der Waals surface area contributed by atoms with Crippen molar-refractivity contribution in [3.63, 3.8) is 0 Å². The lowest BCUT2D eigenvalue weighted by Gasteiger charge is -2.09. The van der Waals surface area contributed by atoms with Crippen molar-refractivity contribution < 1.29 is 57.5 Å². The van der Waals surface area contributed by atoms with Crippen LogP contribution in [0, 0.1) is 48.8 Å². The predicted octanol–water partition coefficient (Wildman–Crippen LogP) is 8.89. The SMILES string of the molecule is Cc1nc(C(F)(F)F)cn1-c1ccc(NC(=O)c2c(F)cc(F)cc2F)nc1.Cc1nc(C(F)(F)F)cn1-c1ccc(NCc2c(F)cc(F)cc2F)nc1. The summed E-state index contributed by atoms with van der Waals surface area (Å²) in [6.07, 6.45) is -5.11. The largest absolute Gasteiger partial charge is 0.434 e. The Morgan fingerprint density at radius 2 is 1.05 bits per heavy atom. The second-order valence-electron chi connectivity index (χ2n) is 11.3. The number of anilines is 2. The molecule has 9 nitrogen and oxygen atoms in total. The third-order valence-electron chi connectivity index (χ3n) is 7.43. The molecule has 0 aliphatic carbocycles. The fourth-order valence-corrected chi connectivity index (χ4v) is 4.83. The Bertz CT molecular complexity index is 2290. The maximum atomic E-state index is 13.6. The maximum absolute atomic E-state index is 13.6. The molecule has 0 saturated heterocycles. The van der Waals surface area contributed by atoms with Crippen molar-refractivity contribution in [1.29, 1.82) is 0 Å². The van der Waals surface area contributed by atoms with E-state index < -0.39 is 70.1 Å². The van der Waals surface area contributed by atoms with Crippen LogP contribution >= 0.6 is 0 Å². The van der Waals surface area contributed by atoms with Crippen molar-refractivity contribution in [2.75, 3.05) is 10.6 Å². The first-order chi connectivity index (χ1) is 25.7. The number of nitrogens with one attached hydrogen (secondary N) is 2. The van der Waals surface area contributed by atoms with Crippen molar-refractivity contribution in [2.45, 2.75) is 32.7 Å². The molecule has 55 heavy (non-hydrogen) atoms. The van der Waals surface area contributed by atoms with Crippen molar-refractivity contribution in [3.05, 3.63) is 142 Å². The third-order valence-corrected chi connectivity index (χ3v) is 7.43. The number of hydrogen-bond acceptors (Lipinski definition) is 6. The van der Waals surface area contributed by atoms with Gasteiger partial charge >= 0.3 is 12.4 Å². The molecule has 0 bridgehead atoms. The van der Waals surface area contributed by atoms with Crippen molar-refractivity contribution in [1.82, 2.24) is 29.1 Å². The van der Waals surface area contributed by atoms with E-state index in [2.05, 4.69) is 30.6 Å². The van der Waals surface area contributed by atoms with Gasteiger partial charge in [0.2, 0.25) is 0 Å². The van der Waals surface area contributed by atoms with Crippen LogP contribution in [0.3, 0.4) is 0 Å². The zero-order valence-corrected chi connectivity index (χ0v) is 27.8. The maximum Gasteiger partial charge on any atom is 0.434 e. The molecule has 4 aromatic heterocycles. The lowest BCUT2D eigenvalue weighted by molar-refractivity contribution is -0.141. The number of pyridine rings is 2. The zero-order valence-electron chi connectivity index (χ0n) is 27.8. The van der Waals surface area contributed by atoms with Crippen LogP contribution in [0.25, 0.3) is 11.4 Å². The molecule has 6 rings (SSSR count). The van der Waals surface area contributed by atoms with Gasteiger partial charge in [0.15, 0.2) is 11.4 Å². The minimum Gasteiger partial charge on any atom is -0.366 e. The summed E-state index contributed by atoms with van der Waals surface area (Å²) >= 11 is 0. The molecule has 6 aromatic rings. The van der Waals surface area contributed by atoms with Crippen LogP contribution < -0.4 is 10.6 Å². The number of rotatable bonds is 7. The zero-order chi connectivity index (χ0) is 40.4. The molecular formula is C34H22F12N8O. The van der Waals surface area contributed by atoms with Gasteiger partial charge in [-0.1, -0.05) is 0 Å². The minimum atomic E-state index is -4.61. The number of imidazole rings is 2. The van der Waals surface area contributed by atoms with Gasteiger partial charge in [0.25, 0.3) is 5.91 Å². The first-order valence-electron chi connectivity index (χ1n) is 15.2. The van der Waals surface area contributed by atoms with Crippen molar-refractivity contribution in [3.8, 4) is 11.4 Å². The summed E-state index contributed by atoms with van der Waals surface area (Å²) in [7, 11) is 0. The molecule has 0 aliphatic rings. The number of nitrogens with zero attached hydrogens (tertiary/aromatic N) is 6. The van der Waals surface area contributed by atoms with Crippen LogP contribution in [0.5, 0.6) is 0 Å². The summed E-state index contributed by atoms with van der Waals surface area (Å²) in [6.45, 7) is 2.50. The number of halogens is 12. The summed E-state index contributed by atoms with van der Waals surface area (Å²) in [6, 6.07) is 7.30. The van der Waals surface area contributed by atoms with Gasteiger partial charge in [0.1, 0.15) is 63.8 Å². The molecule has 0 radical (unpaired) electrons. The molecule has 0 fully saturated rings. The number of amides is 1. The number of hydrogen-bond donors (Lipinski definition) is 2.